The van der Waals surface area contributed by atoms with Crippen molar-refractivity contribution in [1.29, 1.82) is 0 Å². The highest BCUT2D eigenvalue weighted by atomic mass is 35.5. The van der Waals surface area contributed by atoms with Crippen molar-refractivity contribution in [2.24, 2.45) is 0 Å². The van der Waals surface area contributed by atoms with Crippen LogP contribution in [0, 0.1) is 0 Å². The summed E-state index contributed by atoms with van der Waals surface area (Å²) in [4.78, 5) is 0. The minimum atomic E-state index is 0.295. The summed E-state index contributed by atoms with van der Waals surface area (Å²) >= 11 is 12.1. The van der Waals surface area contributed by atoms with Crippen LogP contribution >= 0.6 is 23.2 Å². The van der Waals surface area contributed by atoms with Gasteiger partial charge < -0.3 is 10.1 Å². The van der Waals surface area contributed by atoms with Gasteiger partial charge in [-0.1, -0.05) is 36.2 Å². The molecule has 0 aliphatic rings. The summed E-state index contributed by atoms with van der Waals surface area (Å²) in [7, 11) is 0. The summed E-state index contributed by atoms with van der Waals surface area (Å²) in [6.45, 7) is 6.59. The molecular formula is C14H21Cl2NO. The summed E-state index contributed by atoms with van der Waals surface area (Å²) in [5.41, 5.74) is 1.11. The van der Waals surface area contributed by atoms with Gasteiger partial charge in [-0.3, -0.25) is 0 Å². The van der Waals surface area contributed by atoms with Crippen LogP contribution in [-0.2, 0) is 11.2 Å². The van der Waals surface area contributed by atoms with Gasteiger partial charge in [-0.15, -0.1) is 0 Å². The quantitative estimate of drug-likeness (QED) is 0.783. The van der Waals surface area contributed by atoms with Gasteiger partial charge in [-0.05, 0) is 44.0 Å². The van der Waals surface area contributed by atoms with Gasteiger partial charge in [0.1, 0.15) is 0 Å². The predicted octanol–water partition coefficient (Wildman–Crippen LogP) is 3.94. The Morgan fingerprint density at radius 3 is 2.67 bits per heavy atom. The van der Waals surface area contributed by atoms with E-state index >= 15 is 0 Å². The summed E-state index contributed by atoms with van der Waals surface area (Å²) < 4.78 is 5.50. The van der Waals surface area contributed by atoms with Crippen molar-refractivity contribution in [2.45, 2.75) is 32.7 Å². The van der Waals surface area contributed by atoms with Crippen LogP contribution in [0.15, 0.2) is 18.2 Å². The molecule has 0 saturated heterocycles. The highest BCUT2D eigenvalue weighted by Crippen LogP contribution is 2.22. The molecule has 2 nitrogen and oxygen atoms in total. The molecule has 1 aromatic rings. The van der Waals surface area contributed by atoms with E-state index in [1.165, 1.54) is 0 Å². The monoisotopic (exact) mass is 289 g/mol. The van der Waals surface area contributed by atoms with Crippen molar-refractivity contribution < 1.29 is 4.74 Å². The molecular weight excluding hydrogens is 269 g/mol. The van der Waals surface area contributed by atoms with E-state index in [0.29, 0.717) is 17.7 Å². The third kappa shape index (κ3) is 5.57. The number of hydrogen-bond acceptors (Lipinski definition) is 2. The molecule has 102 valence electrons. The molecule has 1 aromatic carbocycles. The van der Waals surface area contributed by atoms with Crippen molar-refractivity contribution in [3.63, 3.8) is 0 Å². The zero-order valence-corrected chi connectivity index (χ0v) is 12.5. The largest absolute Gasteiger partial charge is 0.380 e. The second-order valence-electron chi connectivity index (χ2n) is 4.25. The lowest BCUT2D eigenvalue weighted by molar-refractivity contribution is 0.122. The molecule has 0 radical (unpaired) electrons. The minimum absolute atomic E-state index is 0.295. The predicted molar refractivity (Wildman–Crippen MR) is 78.7 cm³/mol. The van der Waals surface area contributed by atoms with Gasteiger partial charge in [0.05, 0.1) is 6.61 Å². The van der Waals surface area contributed by atoms with Crippen molar-refractivity contribution in [3.8, 4) is 0 Å². The Kier molecular flexibility index (Phi) is 7.68. The highest BCUT2D eigenvalue weighted by molar-refractivity contribution is 6.35. The average Bonchev–Trinajstić information content (AvgIpc) is 2.35. The second kappa shape index (κ2) is 8.76. The molecule has 0 amide bonds. The summed E-state index contributed by atoms with van der Waals surface area (Å²) in [5, 5.41) is 4.88. The lowest BCUT2D eigenvalue weighted by atomic mass is 10.1. The zero-order valence-electron chi connectivity index (χ0n) is 11.0. The van der Waals surface area contributed by atoms with Crippen LogP contribution in [0.3, 0.4) is 0 Å². The molecule has 4 heteroatoms. The number of ether oxygens (including phenoxy) is 1. The number of benzene rings is 1. The van der Waals surface area contributed by atoms with E-state index in [9.17, 15) is 0 Å². The van der Waals surface area contributed by atoms with Crippen LogP contribution in [0.1, 0.15) is 25.8 Å². The van der Waals surface area contributed by atoms with Crippen LogP contribution in [-0.4, -0.2) is 25.8 Å². The van der Waals surface area contributed by atoms with E-state index in [0.717, 1.165) is 36.6 Å². The molecule has 0 heterocycles. The SMILES string of the molecule is CCCNC(COCC)Cc1ccc(Cl)cc1Cl. The van der Waals surface area contributed by atoms with Gasteiger partial charge in [0.25, 0.3) is 0 Å². The molecule has 1 rings (SSSR count). The molecule has 0 aliphatic heterocycles. The van der Waals surface area contributed by atoms with Gasteiger partial charge in [-0.25, -0.2) is 0 Å². The molecule has 0 spiro atoms. The lowest BCUT2D eigenvalue weighted by Gasteiger charge is -2.19. The summed E-state index contributed by atoms with van der Waals surface area (Å²) in [6.07, 6.45) is 1.97. The van der Waals surface area contributed by atoms with Crippen molar-refractivity contribution in [3.05, 3.63) is 33.8 Å². The Morgan fingerprint density at radius 2 is 2.06 bits per heavy atom. The third-order valence-corrected chi connectivity index (χ3v) is 3.27. The Morgan fingerprint density at radius 1 is 1.28 bits per heavy atom. The first kappa shape index (κ1) is 15.8. The third-order valence-electron chi connectivity index (χ3n) is 2.69. The Bertz CT molecular complexity index is 350. The van der Waals surface area contributed by atoms with Gasteiger partial charge in [0.2, 0.25) is 0 Å². The molecule has 1 unspecified atom stereocenters. The summed E-state index contributed by atoms with van der Waals surface area (Å²) in [6, 6.07) is 5.94. The first-order chi connectivity index (χ1) is 8.67. The van der Waals surface area contributed by atoms with Crippen LogP contribution in [0.25, 0.3) is 0 Å². The normalized spacial score (nSPS) is 12.7. The Balaban J connectivity index is 2.62. The zero-order chi connectivity index (χ0) is 13.4. The van der Waals surface area contributed by atoms with E-state index in [4.69, 9.17) is 27.9 Å². The summed E-state index contributed by atoms with van der Waals surface area (Å²) in [5.74, 6) is 0. The number of halogens is 2. The molecule has 18 heavy (non-hydrogen) atoms. The molecule has 1 atom stereocenters. The Hall–Kier alpha value is -0.280. The maximum absolute atomic E-state index is 6.19. The van der Waals surface area contributed by atoms with Gasteiger partial charge in [-0.2, -0.15) is 0 Å². The number of rotatable bonds is 8. The van der Waals surface area contributed by atoms with Crippen LogP contribution < -0.4 is 5.32 Å². The molecule has 0 aromatic heterocycles. The van der Waals surface area contributed by atoms with Crippen LogP contribution in [0.4, 0.5) is 0 Å². The highest BCUT2D eigenvalue weighted by Gasteiger charge is 2.11. The van der Waals surface area contributed by atoms with E-state index in [1.54, 1.807) is 6.07 Å². The van der Waals surface area contributed by atoms with Crippen LogP contribution in [0.5, 0.6) is 0 Å². The van der Waals surface area contributed by atoms with Crippen LogP contribution in [0.2, 0.25) is 10.0 Å². The average molecular weight is 290 g/mol. The lowest BCUT2D eigenvalue weighted by Crippen LogP contribution is -2.36. The molecule has 0 saturated carbocycles. The minimum Gasteiger partial charge on any atom is -0.380 e. The van der Waals surface area contributed by atoms with Gasteiger partial charge in [0.15, 0.2) is 0 Å². The fourth-order valence-corrected chi connectivity index (χ4v) is 2.24. The van der Waals surface area contributed by atoms with Crippen molar-refractivity contribution in [1.82, 2.24) is 5.32 Å². The maximum atomic E-state index is 6.19. The van der Waals surface area contributed by atoms with Gasteiger partial charge in [0, 0.05) is 22.7 Å². The number of nitrogens with one attached hydrogen (secondary N) is 1. The molecule has 0 aliphatic carbocycles. The van der Waals surface area contributed by atoms with E-state index in [1.807, 2.05) is 19.1 Å². The standard InChI is InChI=1S/C14H21Cl2NO/c1-3-7-17-13(10-18-4-2)8-11-5-6-12(15)9-14(11)16/h5-6,9,13,17H,3-4,7-8,10H2,1-2H3. The molecule has 0 fully saturated rings. The molecule has 0 bridgehead atoms. The van der Waals surface area contributed by atoms with Gasteiger partial charge >= 0.3 is 0 Å². The maximum Gasteiger partial charge on any atom is 0.0622 e. The smallest absolute Gasteiger partial charge is 0.0622 e. The first-order valence-corrected chi connectivity index (χ1v) is 7.18. The Labute approximate surface area is 120 Å². The van der Waals surface area contributed by atoms with Crippen molar-refractivity contribution >= 4 is 23.2 Å². The number of hydrogen-bond donors (Lipinski definition) is 1. The fourth-order valence-electron chi connectivity index (χ4n) is 1.75. The fraction of sp³-hybridized carbons (Fsp3) is 0.571. The van der Waals surface area contributed by atoms with E-state index < -0.39 is 0 Å². The first-order valence-electron chi connectivity index (χ1n) is 6.42. The topological polar surface area (TPSA) is 21.3 Å². The van der Waals surface area contributed by atoms with Crippen molar-refractivity contribution in [2.75, 3.05) is 19.8 Å². The molecule has 1 N–H and O–H groups in total. The van der Waals surface area contributed by atoms with E-state index in [2.05, 4.69) is 12.2 Å². The second-order valence-corrected chi connectivity index (χ2v) is 5.09. The van der Waals surface area contributed by atoms with E-state index in [-0.39, 0.29) is 0 Å².